The molecule has 0 aromatic heterocycles. The zero-order valence-electron chi connectivity index (χ0n) is 17.8. The predicted octanol–water partition coefficient (Wildman–Crippen LogP) is 0.836. The van der Waals surface area contributed by atoms with Gasteiger partial charge in [0.05, 0.1) is 9.79 Å². The Balaban J connectivity index is 0.000000530. The molecule has 0 saturated carbocycles. The van der Waals surface area contributed by atoms with Gasteiger partial charge in [-0.25, -0.2) is 26.4 Å². The molecule has 0 radical (unpaired) electrons. The minimum absolute atomic E-state index is 0.139. The van der Waals surface area contributed by atoms with E-state index < -0.39 is 37.5 Å². The number of aliphatic imine (C=N–C) groups is 1. The number of carbonyl (C=O) groups excluding carboxylic acids is 1. The lowest BCUT2D eigenvalue weighted by Gasteiger charge is -2.00. The van der Waals surface area contributed by atoms with Gasteiger partial charge in [0.15, 0.2) is 19.7 Å². The molecule has 2 aromatic carbocycles. The molecule has 0 aliphatic rings. The van der Waals surface area contributed by atoms with Crippen molar-refractivity contribution in [2.45, 2.75) is 23.6 Å². The number of aldehydes is 1. The fourth-order valence-corrected chi connectivity index (χ4v) is 3.59. The van der Waals surface area contributed by atoms with Crippen molar-refractivity contribution in [3.63, 3.8) is 0 Å². The summed E-state index contributed by atoms with van der Waals surface area (Å²) in [5.41, 5.74) is 7.07. The van der Waals surface area contributed by atoms with Gasteiger partial charge in [-0.2, -0.15) is 0 Å². The lowest BCUT2D eigenvalue weighted by Crippen LogP contribution is -2.14. The normalized spacial score (nSPS) is 10.9. The second kappa shape index (κ2) is 13.9. The van der Waals surface area contributed by atoms with Crippen molar-refractivity contribution in [3.8, 4) is 0 Å². The first-order valence-electron chi connectivity index (χ1n) is 8.95. The van der Waals surface area contributed by atoms with Crippen molar-refractivity contribution in [1.82, 2.24) is 0 Å². The fraction of sp³-hybridized carbons (Fsp3) is 0.200. The van der Waals surface area contributed by atoms with Gasteiger partial charge in [-0.05, 0) is 38.1 Å². The molecule has 33 heavy (non-hydrogen) atoms. The molecule has 2 aromatic rings. The summed E-state index contributed by atoms with van der Waals surface area (Å²) in [6, 6.07) is 12.9. The van der Waals surface area contributed by atoms with Crippen molar-refractivity contribution in [1.29, 1.82) is 0 Å². The largest absolute Gasteiger partial charge is 0.477 e. The van der Waals surface area contributed by atoms with E-state index in [9.17, 15) is 21.6 Å². The maximum Gasteiger partial charge on any atom is 0.368 e. The van der Waals surface area contributed by atoms with Crippen LogP contribution in [0, 0.1) is 13.8 Å². The van der Waals surface area contributed by atoms with E-state index in [4.69, 9.17) is 25.5 Å². The molecule has 0 aliphatic carbocycles. The molecule has 180 valence electrons. The lowest BCUT2D eigenvalue weighted by atomic mass is 10.2. The number of carbonyl (C=O) groups is 3. The Morgan fingerprint density at radius 1 is 0.818 bits per heavy atom. The Morgan fingerprint density at radius 3 is 1.48 bits per heavy atom. The van der Waals surface area contributed by atoms with E-state index in [0.717, 1.165) is 11.1 Å². The van der Waals surface area contributed by atoms with Gasteiger partial charge in [0, 0.05) is 0 Å². The molecule has 0 spiro atoms. The molecular formula is C20H24N2O9S2. The molecule has 0 atom stereocenters. The van der Waals surface area contributed by atoms with Crippen LogP contribution in [0.1, 0.15) is 11.1 Å². The Bertz CT molecular complexity index is 1170. The summed E-state index contributed by atoms with van der Waals surface area (Å²) in [7, 11) is -6.77. The Kier molecular flexibility index (Phi) is 12.4. The first-order valence-corrected chi connectivity index (χ1v) is 12.3. The van der Waals surface area contributed by atoms with Gasteiger partial charge in [0.2, 0.25) is 6.29 Å². The predicted molar refractivity (Wildman–Crippen MR) is 120 cm³/mol. The molecule has 0 saturated heterocycles. The van der Waals surface area contributed by atoms with Crippen LogP contribution in [-0.4, -0.2) is 63.2 Å². The second-order valence-electron chi connectivity index (χ2n) is 6.26. The third kappa shape index (κ3) is 12.3. The molecule has 13 heteroatoms. The van der Waals surface area contributed by atoms with E-state index in [1.54, 1.807) is 36.4 Å². The minimum Gasteiger partial charge on any atom is -0.477 e. The third-order valence-corrected chi connectivity index (χ3v) is 6.44. The Hall–Kier alpha value is -3.42. The average Bonchev–Trinajstić information content (AvgIpc) is 2.75. The van der Waals surface area contributed by atoms with Crippen molar-refractivity contribution in [3.05, 3.63) is 59.7 Å². The highest BCUT2D eigenvalue weighted by Crippen LogP contribution is 2.12. The molecule has 4 N–H and O–H groups in total. The number of carboxylic acids is 2. The Morgan fingerprint density at radius 2 is 1.18 bits per heavy atom. The first kappa shape index (κ1) is 29.6. The molecule has 0 unspecified atom stereocenters. The molecule has 0 aliphatic heterocycles. The number of hydrogen-bond acceptors (Lipinski definition) is 9. The van der Waals surface area contributed by atoms with Crippen LogP contribution in [0.4, 0.5) is 0 Å². The maximum absolute atomic E-state index is 11.6. The van der Waals surface area contributed by atoms with Crippen molar-refractivity contribution >= 4 is 44.1 Å². The number of sulfone groups is 2. The van der Waals surface area contributed by atoms with Crippen LogP contribution >= 0.6 is 0 Å². The highest BCUT2D eigenvalue weighted by Gasteiger charge is 2.12. The molecule has 0 amide bonds. The summed E-state index contributed by atoms with van der Waals surface area (Å²) in [5, 5.41) is 15.6. The summed E-state index contributed by atoms with van der Waals surface area (Å²) < 4.78 is 45.6. The number of aliphatic carboxylic acids is 2. The van der Waals surface area contributed by atoms with Crippen LogP contribution in [0.25, 0.3) is 0 Å². The monoisotopic (exact) mass is 500 g/mol. The van der Waals surface area contributed by atoms with E-state index in [0.29, 0.717) is 6.21 Å². The zero-order valence-corrected chi connectivity index (χ0v) is 19.4. The second-order valence-corrected chi connectivity index (χ2v) is 10.3. The van der Waals surface area contributed by atoms with Crippen molar-refractivity contribution < 1.29 is 41.4 Å². The van der Waals surface area contributed by atoms with Gasteiger partial charge in [-0.15, -0.1) is 0 Å². The summed E-state index contributed by atoms with van der Waals surface area (Å²) in [6.07, 6.45) is 0.408. The summed E-state index contributed by atoms with van der Waals surface area (Å²) in [6.45, 7) is 3.75. The number of nitrogens with two attached hydrogens (primary N) is 1. The highest BCUT2D eigenvalue weighted by molar-refractivity contribution is 7.91. The van der Waals surface area contributed by atoms with Crippen LogP contribution in [0.2, 0.25) is 0 Å². The van der Waals surface area contributed by atoms with Crippen LogP contribution < -0.4 is 5.73 Å². The summed E-state index contributed by atoms with van der Waals surface area (Å²) in [5.74, 6) is -3.58. The third-order valence-electron chi connectivity index (χ3n) is 3.53. The smallest absolute Gasteiger partial charge is 0.368 e. The van der Waals surface area contributed by atoms with E-state index in [1.165, 1.54) is 12.1 Å². The molecule has 0 bridgehead atoms. The maximum atomic E-state index is 11.6. The van der Waals surface area contributed by atoms with Gasteiger partial charge in [0.1, 0.15) is 18.0 Å². The van der Waals surface area contributed by atoms with Crippen molar-refractivity contribution in [2.75, 3.05) is 11.8 Å². The van der Waals surface area contributed by atoms with Crippen LogP contribution in [-0.2, 0) is 34.1 Å². The van der Waals surface area contributed by atoms with Gasteiger partial charge < -0.3 is 15.9 Å². The standard InChI is InChI=1S/C10H11NO4S.C8H11NO2S.C2H2O3/c1-8-2-4-9(5-3-8)16(14,15)7-11-6-10(12)13;1-7-2-4-8(5-3-7)12(10,11)6-9;3-1-2(4)5/h2-6H,7H2,1H3,(H,12,13);2-5H,6,9H2,1H3;1H,(H,4,5). The van der Waals surface area contributed by atoms with Crippen LogP contribution in [0.5, 0.6) is 0 Å². The number of rotatable bonds is 7. The van der Waals surface area contributed by atoms with Gasteiger partial charge in [-0.1, -0.05) is 35.4 Å². The van der Waals surface area contributed by atoms with E-state index >= 15 is 0 Å². The molecular weight excluding hydrogens is 476 g/mol. The summed E-state index contributed by atoms with van der Waals surface area (Å²) >= 11 is 0. The van der Waals surface area contributed by atoms with Gasteiger partial charge in [-0.3, -0.25) is 9.79 Å². The fourth-order valence-electron chi connectivity index (χ4n) is 1.88. The molecule has 2 rings (SSSR count). The quantitative estimate of drug-likeness (QED) is 0.278. The lowest BCUT2D eigenvalue weighted by molar-refractivity contribution is -0.143. The van der Waals surface area contributed by atoms with Gasteiger partial charge >= 0.3 is 11.9 Å². The SMILES string of the molecule is Cc1ccc(S(=O)(=O)CN)cc1.Cc1ccc(S(=O)(=O)CN=CC(=O)O)cc1.O=CC(=O)O. The molecule has 11 nitrogen and oxygen atoms in total. The number of aryl methyl sites for hydroxylation is 2. The van der Waals surface area contributed by atoms with E-state index in [2.05, 4.69) is 4.99 Å². The first-order chi connectivity index (χ1) is 15.2. The van der Waals surface area contributed by atoms with Crippen LogP contribution in [0.15, 0.2) is 63.3 Å². The topological polar surface area (TPSA) is 198 Å². The molecule has 0 fully saturated rings. The van der Waals surface area contributed by atoms with E-state index in [1.807, 2.05) is 13.8 Å². The summed E-state index contributed by atoms with van der Waals surface area (Å²) in [4.78, 5) is 31.8. The van der Waals surface area contributed by atoms with Crippen molar-refractivity contribution in [2.24, 2.45) is 10.7 Å². The minimum atomic E-state index is -3.53. The number of hydrogen-bond donors (Lipinski definition) is 3. The highest BCUT2D eigenvalue weighted by atomic mass is 32.2. The number of benzene rings is 2. The average molecular weight is 501 g/mol. The van der Waals surface area contributed by atoms with Gasteiger partial charge in [0.25, 0.3) is 0 Å². The molecule has 0 heterocycles. The Labute approximate surface area is 191 Å². The number of nitrogens with zero attached hydrogens (tertiary/aromatic N) is 1. The van der Waals surface area contributed by atoms with Crippen LogP contribution in [0.3, 0.4) is 0 Å². The number of carboxylic acid groups (broad SMARTS) is 2. The zero-order chi connectivity index (χ0) is 25.7. The van der Waals surface area contributed by atoms with E-state index in [-0.39, 0.29) is 22.0 Å².